The van der Waals surface area contributed by atoms with Crippen LogP contribution in [0.2, 0.25) is 0 Å². The highest BCUT2D eigenvalue weighted by molar-refractivity contribution is 7.17. The zero-order valence-electron chi connectivity index (χ0n) is 10.8. The summed E-state index contributed by atoms with van der Waals surface area (Å²) in [5.74, 6) is 1.12. The van der Waals surface area contributed by atoms with E-state index in [1.807, 2.05) is 0 Å². The van der Waals surface area contributed by atoms with Crippen molar-refractivity contribution < 1.29 is 4.74 Å². The molecule has 1 unspecified atom stereocenters. The second kappa shape index (κ2) is 4.42. The molecule has 0 aromatic carbocycles. The Morgan fingerprint density at radius 3 is 3.21 bits per heavy atom. The van der Waals surface area contributed by atoms with Crippen LogP contribution in [0.1, 0.15) is 19.3 Å². The molecule has 0 bridgehead atoms. The number of rotatable bonds is 1. The number of anilines is 1. The number of aromatic nitrogens is 2. The van der Waals surface area contributed by atoms with Gasteiger partial charge in [0.2, 0.25) is 0 Å². The second-order valence-electron chi connectivity index (χ2n) is 5.66. The lowest BCUT2D eigenvalue weighted by molar-refractivity contribution is 0.139. The molecule has 4 heterocycles. The molecule has 1 spiro atoms. The Morgan fingerprint density at radius 2 is 2.32 bits per heavy atom. The number of hydrogen-bond donors (Lipinski definition) is 0. The van der Waals surface area contributed by atoms with Gasteiger partial charge in [0.15, 0.2) is 0 Å². The van der Waals surface area contributed by atoms with Gasteiger partial charge in [0.25, 0.3) is 0 Å². The number of fused-ring (bicyclic) bond motifs is 1. The lowest BCUT2D eigenvalue weighted by Crippen LogP contribution is -2.44. The molecule has 2 aliphatic heterocycles. The van der Waals surface area contributed by atoms with Gasteiger partial charge in [0.1, 0.15) is 12.1 Å². The van der Waals surface area contributed by atoms with Crippen LogP contribution in [0.25, 0.3) is 10.2 Å². The number of nitrogens with zero attached hydrogens (tertiary/aromatic N) is 3. The first-order valence-electron chi connectivity index (χ1n) is 6.87. The van der Waals surface area contributed by atoms with Crippen LogP contribution in [0.3, 0.4) is 0 Å². The molecule has 2 aliphatic rings. The summed E-state index contributed by atoms with van der Waals surface area (Å²) < 4.78 is 6.86. The van der Waals surface area contributed by atoms with Gasteiger partial charge in [-0.1, -0.05) is 0 Å². The molecule has 0 amide bonds. The Bertz CT molecular complexity index is 591. The third-order valence-corrected chi connectivity index (χ3v) is 5.27. The van der Waals surface area contributed by atoms with E-state index >= 15 is 0 Å². The predicted octanol–water partition coefficient (Wildman–Crippen LogP) is 2.70. The summed E-state index contributed by atoms with van der Waals surface area (Å²) in [4.78, 5) is 11.3. The van der Waals surface area contributed by atoms with Gasteiger partial charge < -0.3 is 9.64 Å². The summed E-state index contributed by atoms with van der Waals surface area (Å²) in [7, 11) is 0. The first-order chi connectivity index (χ1) is 9.36. The molecule has 0 radical (unpaired) electrons. The molecule has 4 nitrogen and oxygen atoms in total. The van der Waals surface area contributed by atoms with Crippen molar-refractivity contribution in [3.63, 3.8) is 0 Å². The largest absolute Gasteiger partial charge is 0.381 e. The van der Waals surface area contributed by atoms with Crippen molar-refractivity contribution in [1.29, 1.82) is 0 Å². The van der Waals surface area contributed by atoms with E-state index in [9.17, 15) is 0 Å². The Kier molecular flexibility index (Phi) is 2.70. The molecule has 2 fully saturated rings. The number of hydrogen-bond acceptors (Lipinski definition) is 5. The molecule has 2 aromatic rings. The van der Waals surface area contributed by atoms with E-state index < -0.39 is 0 Å². The van der Waals surface area contributed by atoms with Crippen molar-refractivity contribution in [2.75, 3.05) is 31.2 Å². The lowest BCUT2D eigenvalue weighted by atomic mass is 9.79. The maximum absolute atomic E-state index is 5.64. The van der Waals surface area contributed by atoms with Gasteiger partial charge in [-0.05, 0) is 30.7 Å². The Hall–Kier alpha value is -1.20. The highest BCUT2D eigenvalue weighted by Gasteiger charge is 2.39. The average Bonchev–Trinajstić information content (AvgIpc) is 3.07. The summed E-state index contributed by atoms with van der Waals surface area (Å²) in [5.41, 5.74) is 1.43. The molecule has 4 rings (SSSR count). The highest BCUT2D eigenvalue weighted by atomic mass is 32.1. The fraction of sp³-hybridized carbons (Fsp3) is 0.571. The number of thiophene rings is 1. The van der Waals surface area contributed by atoms with Gasteiger partial charge in [-0.3, -0.25) is 0 Å². The molecule has 100 valence electrons. The first-order valence-corrected chi connectivity index (χ1v) is 7.75. The SMILES string of the molecule is c1nc(N2CCCC3(CCOC3)C2)c2sccc2n1. The second-order valence-corrected chi connectivity index (χ2v) is 6.58. The zero-order valence-corrected chi connectivity index (χ0v) is 11.7. The molecular formula is C14H17N3OS. The van der Waals surface area contributed by atoms with E-state index in [1.54, 1.807) is 17.7 Å². The highest BCUT2D eigenvalue weighted by Crippen LogP contribution is 2.40. The van der Waals surface area contributed by atoms with E-state index in [1.165, 1.54) is 24.0 Å². The average molecular weight is 275 g/mol. The van der Waals surface area contributed by atoms with E-state index in [4.69, 9.17) is 4.74 Å². The maximum atomic E-state index is 5.64. The van der Waals surface area contributed by atoms with Crippen LogP contribution in [-0.2, 0) is 4.74 Å². The molecule has 2 saturated heterocycles. The number of ether oxygens (including phenoxy) is 1. The minimum atomic E-state index is 0.368. The molecular weight excluding hydrogens is 258 g/mol. The monoisotopic (exact) mass is 275 g/mol. The Balaban J connectivity index is 1.70. The van der Waals surface area contributed by atoms with Crippen LogP contribution in [0.5, 0.6) is 0 Å². The topological polar surface area (TPSA) is 38.2 Å². The molecule has 19 heavy (non-hydrogen) atoms. The summed E-state index contributed by atoms with van der Waals surface area (Å²) in [6.07, 6.45) is 5.42. The van der Waals surface area contributed by atoms with Gasteiger partial charge in [-0.2, -0.15) is 0 Å². The van der Waals surface area contributed by atoms with Crippen LogP contribution in [0.4, 0.5) is 5.82 Å². The van der Waals surface area contributed by atoms with Crippen LogP contribution >= 0.6 is 11.3 Å². The van der Waals surface area contributed by atoms with E-state index in [0.29, 0.717) is 5.41 Å². The third-order valence-electron chi connectivity index (χ3n) is 4.37. The molecule has 0 aliphatic carbocycles. The predicted molar refractivity (Wildman–Crippen MR) is 76.7 cm³/mol. The van der Waals surface area contributed by atoms with Crippen molar-refractivity contribution in [2.45, 2.75) is 19.3 Å². The van der Waals surface area contributed by atoms with Crippen molar-refractivity contribution >= 4 is 27.4 Å². The van der Waals surface area contributed by atoms with Crippen LogP contribution in [0, 0.1) is 5.41 Å². The van der Waals surface area contributed by atoms with E-state index in [2.05, 4.69) is 26.3 Å². The van der Waals surface area contributed by atoms with Gasteiger partial charge in [0.05, 0.1) is 16.8 Å². The molecule has 1 atom stereocenters. The van der Waals surface area contributed by atoms with Gasteiger partial charge in [-0.25, -0.2) is 9.97 Å². The van der Waals surface area contributed by atoms with Crippen LogP contribution in [-0.4, -0.2) is 36.3 Å². The van der Waals surface area contributed by atoms with Crippen molar-refractivity contribution in [2.24, 2.45) is 5.41 Å². The smallest absolute Gasteiger partial charge is 0.150 e. The number of piperidine rings is 1. The fourth-order valence-electron chi connectivity index (χ4n) is 3.36. The third kappa shape index (κ3) is 1.92. The van der Waals surface area contributed by atoms with Crippen LogP contribution < -0.4 is 4.90 Å². The first kappa shape index (κ1) is 11.6. The van der Waals surface area contributed by atoms with Crippen LogP contribution in [0.15, 0.2) is 17.8 Å². The Morgan fingerprint density at radius 1 is 1.32 bits per heavy atom. The minimum absolute atomic E-state index is 0.368. The molecule has 2 aromatic heterocycles. The van der Waals surface area contributed by atoms with Crippen molar-refractivity contribution in [3.8, 4) is 0 Å². The zero-order chi connectivity index (χ0) is 12.7. The van der Waals surface area contributed by atoms with Gasteiger partial charge >= 0.3 is 0 Å². The summed E-state index contributed by atoms with van der Waals surface area (Å²) in [6.45, 7) is 4.02. The van der Waals surface area contributed by atoms with Crippen molar-refractivity contribution in [1.82, 2.24) is 9.97 Å². The van der Waals surface area contributed by atoms with Gasteiger partial charge in [-0.15, -0.1) is 11.3 Å². The van der Waals surface area contributed by atoms with E-state index in [-0.39, 0.29) is 0 Å². The Labute approximate surface area is 116 Å². The molecule has 0 saturated carbocycles. The molecule has 0 N–H and O–H groups in total. The summed E-state index contributed by atoms with van der Waals surface area (Å²) >= 11 is 1.74. The summed E-state index contributed by atoms with van der Waals surface area (Å²) in [6, 6.07) is 2.07. The summed E-state index contributed by atoms with van der Waals surface area (Å²) in [5, 5.41) is 2.10. The maximum Gasteiger partial charge on any atom is 0.150 e. The molecule has 5 heteroatoms. The quantitative estimate of drug-likeness (QED) is 0.802. The normalized spacial score (nSPS) is 27.5. The standard InChI is InChI=1S/C14H17N3OS/c1-3-14(4-6-18-9-14)8-17(5-1)13-12-11(2-7-19-12)15-10-16-13/h2,7,10H,1,3-6,8-9H2. The van der Waals surface area contributed by atoms with Gasteiger partial charge in [0, 0.05) is 25.1 Å². The minimum Gasteiger partial charge on any atom is -0.381 e. The fourth-order valence-corrected chi connectivity index (χ4v) is 4.22. The van der Waals surface area contributed by atoms with E-state index in [0.717, 1.165) is 37.6 Å². The van der Waals surface area contributed by atoms with Crippen molar-refractivity contribution in [3.05, 3.63) is 17.8 Å². The lowest BCUT2D eigenvalue weighted by Gasteiger charge is -2.40.